The van der Waals surface area contributed by atoms with Crippen molar-refractivity contribution in [1.82, 2.24) is 9.88 Å². The quantitative estimate of drug-likeness (QED) is 0.727. The van der Waals surface area contributed by atoms with Gasteiger partial charge in [0, 0.05) is 17.1 Å². The van der Waals surface area contributed by atoms with Gasteiger partial charge in [-0.25, -0.2) is 0 Å². The molecule has 1 aromatic carbocycles. The summed E-state index contributed by atoms with van der Waals surface area (Å²) >= 11 is 0. The van der Waals surface area contributed by atoms with E-state index < -0.39 is 0 Å². The Bertz CT molecular complexity index is 713. The van der Waals surface area contributed by atoms with Gasteiger partial charge in [0.1, 0.15) is 0 Å². The number of hydrogen-bond acceptors (Lipinski definition) is 2. The van der Waals surface area contributed by atoms with Crippen molar-refractivity contribution in [2.45, 2.75) is 59.4 Å². The van der Waals surface area contributed by atoms with E-state index in [0.29, 0.717) is 6.04 Å². The molecule has 0 N–H and O–H groups in total. The first-order chi connectivity index (χ1) is 11.6. The number of hydrogen-bond donors (Lipinski definition) is 0. The van der Waals surface area contributed by atoms with Crippen LogP contribution < -0.4 is 0 Å². The lowest BCUT2D eigenvalue weighted by Crippen LogP contribution is -2.27. The lowest BCUT2D eigenvalue weighted by Gasteiger charge is -2.27. The molecule has 1 unspecified atom stereocenters. The second kappa shape index (κ2) is 8.43. The van der Waals surface area contributed by atoms with Crippen LogP contribution in [0.5, 0.6) is 0 Å². The van der Waals surface area contributed by atoms with Crippen LogP contribution in [0.25, 0.3) is 16.5 Å². The molecule has 0 amide bonds. The molecule has 0 saturated carbocycles. The molecule has 2 aromatic rings. The zero-order valence-corrected chi connectivity index (χ0v) is 16.2. The molecule has 0 saturated heterocycles. The van der Waals surface area contributed by atoms with Gasteiger partial charge in [-0.1, -0.05) is 32.9 Å². The number of fused-ring (bicyclic) bond motifs is 1. The van der Waals surface area contributed by atoms with E-state index in [1.165, 1.54) is 41.3 Å². The number of aromatic nitrogens is 1. The zero-order chi connectivity index (χ0) is 17.7. The second-order valence-electron chi connectivity index (χ2n) is 6.62. The Morgan fingerprint density at radius 1 is 1.17 bits per heavy atom. The Morgan fingerprint density at radius 3 is 2.58 bits per heavy atom. The molecule has 2 nitrogen and oxygen atoms in total. The van der Waals surface area contributed by atoms with Crippen LogP contribution in [0, 0.1) is 6.92 Å². The van der Waals surface area contributed by atoms with Gasteiger partial charge in [-0.3, -0.25) is 4.98 Å². The summed E-state index contributed by atoms with van der Waals surface area (Å²) in [5.41, 5.74) is 6.52. The zero-order valence-electron chi connectivity index (χ0n) is 16.2. The number of likely N-dealkylation sites (N-methyl/N-ethyl adjacent to an activating group) is 1. The summed E-state index contributed by atoms with van der Waals surface area (Å²) in [6.45, 7) is 8.31. The van der Waals surface area contributed by atoms with Crippen molar-refractivity contribution in [3.8, 4) is 0 Å². The van der Waals surface area contributed by atoms with Crippen LogP contribution in [0.2, 0.25) is 0 Å². The third kappa shape index (κ3) is 4.05. The van der Waals surface area contributed by atoms with E-state index in [-0.39, 0.29) is 0 Å². The van der Waals surface area contributed by atoms with Crippen molar-refractivity contribution >= 4 is 16.5 Å². The summed E-state index contributed by atoms with van der Waals surface area (Å²) in [5.74, 6) is 0. The average Bonchev–Trinajstić information content (AvgIpc) is 2.62. The molecule has 0 bridgehead atoms. The van der Waals surface area contributed by atoms with Gasteiger partial charge in [-0.15, -0.1) is 0 Å². The van der Waals surface area contributed by atoms with Gasteiger partial charge in [0.15, 0.2) is 0 Å². The monoisotopic (exact) mass is 324 g/mol. The number of nitrogens with zero attached hydrogens (tertiary/aromatic N) is 2. The molecule has 24 heavy (non-hydrogen) atoms. The first kappa shape index (κ1) is 18.7. The lowest BCUT2D eigenvalue weighted by molar-refractivity contribution is 0.318. The van der Waals surface area contributed by atoms with Crippen molar-refractivity contribution in [3.05, 3.63) is 47.2 Å². The van der Waals surface area contributed by atoms with E-state index in [9.17, 15) is 0 Å². The van der Waals surface area contributed by atoms with Gasteiger partial charge in [0.25, 0.3) is 0 Å². The number of allylic oxidation sites excluding steroid dienone is 1. The van der Waals surface area contributed by atoms with E-state index in [2.05, 4.69) is 68.2 Å². The minimum absolute atomic E-state index is 0.571. The fourth-order valence-electron chi connectivity index (χ4n) is 3.48. The molecule has 0 fully saturated rings. The van der Waals surface area contributed by atoms with Crippen LogP contribution in [0.1, 0.15) is 56.9 Å². The number of benzene rings is 1. The van der Waals surface area contributed by atoms with E-state index in [0.717, 1.165) is 17.6 Å². The Hall–Kier alpha value is -1.67. The Balaban J connectivity index is 0.00000100. The molecule has 1 atom stereocenters. The third-order valence-corrected chi connectivity index (χ3v) is 4.78. The highest BCUT2D eigenvalue weighted by Gasteiger charge is 2.16. The molecule has 0 aliphatic heterocycles. The third-order valence-electron chi connectivity index (χ3n) is 4.78. The van der Waals surface area contributed by atoms with Crippen molar-refractivity contribution < 1.29 is 0 Å². The maximum atomic E-state index is 4.69. The molecule has 3 rings (SSSR count). The normalized spacial score (nSPS) is 17.5. The Kier molecular flexibility index (Phi) is 6.56. The minimum atomic E-state index is 0.571. The predicted octanol–water partition coefficient (Wildman–Crippen LogP) is 5.63. The van der Waals surface area contributed by atoms with E-state index >= 15 is 0 Å². The standard InChI is InChI=1S/C20H26N2.C2H6/c1-5-15-11-14(2)21-20-10-9-17(13-19(15)20)16-7-6-8-18(12-16)22(3)4;1-2/h9-13,18H,5-8H2,1-4H3;1-2H3. The van der Waals surface area contributed by atoms with Crippen molar-refractivity contribution in [2.75, 3.05) is 14.1 Å². The fourth-order valence-corrected chi connectivity index (χ4v) is 3.48. The van der Waals surface area contributed by atoms with Crippen LogP contribution in [0.4, 0.5) is 0 Å². The van der Waals surface area contributed by atoms with Crippen LogP contribution >= 0.6 is 0 Å². The average molecular weight is 325 g/mol. The molecule has 2 heteroatoms. The number of rotatable bonds is 3. The van der Waals surface area contributed by atoms with Gasteiger partial charge in [-0.2, -0.15) is 0 Å². The maximum absolute atomic E-state index is 4.69. The molecule has 130 valence electrons. The van der Waals surface area contributed by atoms with E-state index in [1.807, 2.05) is 13.8 Å². The van der Waals surface area contributed by atoms with Gasteiger partial charge >= 0.3 is 0 Å². The summed E-state index contributed by atoms with van der Waals surface area (Å²) in [5, 5.41) is 1.32. The highest BCUT2D eigenvalue weighted by atomic mass is 15.1. The lowest BCUT2D eigenvalue weighted by atomic mass is 9.89. The molecular weight excluding hydrogens is 292 g/mol. The van der Waals surface area contributed by atoms with Gasteiger partial charge in [0.05, 0.1) is 5.52 Å². The summed E-state index contributed by atoms with van der Waals surface area (Å²) in [4.78, 5) is 7.01. The molecule has 1 aromatic heterocycles. The van der Waals surface area contributed by atoms with Crippen LogP contribution in [0.3, 0.4) is 0 Å². The fraction of sp³-hybridized carbons (Fsp3) is 0.500. The van der Waals surface area contributed by atoms with Crippen LogP contribution in [0.15, 0.2) is 30.3 Å². The van der Waals surface area contributed by atoms with Crippen molar-refractivity contribution in [1.29, 1.82) is 0 Å². The van der Waals surface area contributed by atoms with Crippen molar-refractivity contribution in [2.24, 2.45) is 0 Å². The summed E-state index contributed by atoms with van der Waals surface area (Å²) in [6.07, 6.45) is 7.25. The first-order valence-corrected chi connectivity index (χ1v) is 9.36. The Labute approximate surface area is 147 Å². The molecule has 1 aliphatic carbocycles. The van der Waals surface area contributed by atoms with Crippen molar-refractivity contribution in [3.63, 3.8) is 0 Å². The largest absolute Gasteiger partial charge is 0.303 e. The van der Waals surface area contributed by atoms with E-state index in [1.54, 1.807) is 0 Å². The number of aryl methyl sites for hydroxylation is 2. The number of pyridine rings is 1. The summed E-state index contributed by atoms with van der Waals surface area (Å²) < 4.78 is 0. The first-order valence-electron chi connectivity index (χ1n) is 9.36. The molecule has 0 radical (unpaired) electrons. The Morgan fingerprint density at radius 2 is 1.92 bits per heavy atom. The smallest absolute Gasteiger partial charge is 0.0708 e. The highest BCUT2D eigenvalue weighted by molar-refractivity contribution is 5.86. The second-order valence-corrected chi connectivity index (χ2v) is 6.62. The summed E-state index contributed by atoms with van der Waals surface area (Å²) in [7, 11) is 4.35. The SMILES string of the molecule is CC.CCc1cc(C)nc2ccc(C3=CC(N(C)C)CCC3)cc12. The molecule has 0 spiro atoms. The summed E-state index contributed by atoms with van der Waals surface area (Å²) in [6, 6.07) is 9.59. The molecule has 1 heterocycles. The molecular formula is C22H32N2. The maximum Gasteiger partial charge on any atom is 0.0708 e. The van der Waals surface area contributed by atoms with Gasteiger partial charge in [-0.05, 0) is 81.6 Å². The predicted molar refractivity (Wildman–Crippen MR) is 107 cm³/mol. The highest BCUT2D eigenvalue weighted by Crippen LogP contribution is 2.31. The van der Waals surface area contributed by atoms with Gasteiger partial charge < -0.3 is 4.90 Å². The van der Waals surface area contributed by atoms with Crippen LogP contribution in [-0.4, -0.2) is 30.0 Å². The van der Waals surface area contributed by atoms with E-state index in [4.69, 9.17) is 0 Å². The van der Waals surface area contributed by atoms with Gasteiger partial charge in [0.2, 0.25) is 0 Å². The minimum Gasteiger partial charge on any atom is -0.303 e. The topological polar surface area (TPSA) is 16.1 Å². The van der Waals surface area contributed by atoms with Crippen LogP contribution in [-0.2, 0) is 6.42 Å². The molecule has 1 aliphatic rings.